The summed E-state index contributed by atoms with van der Waals surface area (Å²) in [5.41, 5.74) is -0.907. The van der Waals surface area contributed by atoms with Gasteiger partial charge in [-0.3, -0.25) is 9.59 Å². The maximum absolute atomic E-state index is 11.8. The number of amides is 1. The van der Waals surface area contributed by atoms with Gasteiger partial charge in [0.25, 0.3) is 0 Å². The highest BCUT2D eigenvalue weighted by atomic mass is 16.4. The Morgan fingerprint density at radius 1 is 1.24 bits per heavy atom. The Labute approximate surface area is 104 Å². The lowest BCUT2D eigenvalue weighted by molar-refractivity contribution is -0.152. The molecule has 0 aliphatic carbocycles. The number of hydrogen-bond donors (Lipinski definition) is 2. The summed E-state index contributed by atoms with van der Waals surface area (Å²) in [4.78, 5) is 23.0. The van der Waals surface area contributed by atoms with Crippen LogP contribution in [0.25, 0.3) is 0 Å². The monoisotopic (exact) mass is 243 g/mol. The van der Waals surface area contributed by atoms with Gasteiger partial charge >= 0.3 is 5.97 Å². The number of hydrogen-bond acceptors (Lipinski definition) is 2. The van der Waals surface area contributed by atoms with Crippen LogP contribution in [0.15, 0.2) is 0 Å². The predicted molar refractivity (Wildman–Crippen MR) is 67.8 cm³/mol. The molecule has 0 bridgehead atoms. The van der Waals surface area contributed by atoms with Crippen LogP contribution in [-0.2, 0) is 9.59 Å². The molecule has 17 heavy (non-hydrogen) atoms. The molecule has 0 rings (SSSR count). The van der Waals surface area contributed by atoms with E-state index in [2.05, 4.69) is 12.2 Å². The third-order valence-electron chi connectivity index (χ3n) is 3.44. The van der Waals surface area contributed by atoms with Crippen molar-refractivity contribution in [1.82, 2.24) is 5.32 Å². The molecule has 0 spiro atoms. The Kier molecular flexibility index (Phi) is 6.85. The van der Waals surface area contributed by atoms with Gasteiger partial charge in [-0.2, -0.15) is 0 Å². The van der Waals surface area contributed by atoms with E-state index in [4.69, 9.17) is 0 Å². The van der Waals surface area contributed by atoms with Crippen molar-refractivity contribution < 1.29 is 14.7 Å². The number of aliphatic carboxylic acids is 1. The molecule has 0 heterocycles. The van der Waals surface area contributed by atoms with Crippen LogP contribution in [-0.4, -0.2) is 23.0 Å². The molecule has 1 atom stereocenters. The standard InChI is InChI=1S/C13H25NO3/c1-5-8-10(4)14-11(15)9-13(6-2,7-3)12(16)17/h10H,5-9H2,1-4H3,(H,14,15)(H,16,17). The van der Waals surface area contributed by atoms with E-state index >= 15 is 0 Å². The topological polar surface area (TPSA) is 66.4 Å². The van der Waals surface area contributed by atoms with Crippen LogP contribution in [0.4, 0.5) is 0 Å². The Bertz CT molecular complexity index is 259. The molecule has 0 radical (unpaired) electrons. The molecular weight excluding hydrogens is 218 g/mol. The first-order valence-corrected chi connectivity index (χ1v) is 6.44. The number of carbonyl (C=O) groups is 2. The minimum atomic E-state index is -0.907. The van der Waals surface area contributed by atoms with Gasteiger partial charge in [0, 0.05) is 12.5 Å². The van der Waals surface area contributed by atoms with Gasteiger partial charge in [0.2, 0.25) is 5.91 Å². The molecule has 0 saturated heterocycles. The number of carbonyl (C=O) groups excluding carboxylic acids is 1. The zero-order valence-corrected chi connectivity index (χ0v) is 11.4. The van der Waals surface area contributed by atoms with Crippen molar-refractivity contribution in [2.24, 2.45) is 5.41 Å². The third-order valence-corrected chi connectivity index (χ3v) is 3.44. The molecule has 1 amide bonds. The maximum atomic E-state index is 11.8. The van der Waals surface area contributed by atoms with Gasteiger partial charge in [0.1, 0.15) is 0 Å². The van der Waals surface area contributed by atoms with Gasteiger partial charge in [-0.1, -0.05) is 27.2 Å². The van der Waals surface area contributed by atoms with Gasteiger partial charge in [-0.05, 0) is 26.2 Å². The maximum Gasteiger partial charge on any atom is 0.310 e. The fourth-order valence-corrected chi connectivity index (χ4v) is 2.02. The molecule has 0 fully saturated rings. The van der Waals surface area contributed by atoms with Crippen molar-refractivity contribution in [2.45, 2.75) is 65.8 Å². The molecule has 4 heteroatoms. The summed E-state index contributed by atoms with van der Waals surface area (Å²) in [6.45, 7) is 7.64. The molecule has 4 nitrogen and oxygen atoms in total. The minimum Gasteiger partial charge on any atom is -0.481 e. The molecule has 0 aliphatic rings. The van der Waals surface area contributed by atoms with Crippen LogP contribution in [0.3, 0.4) is 0 Å². The number of nitrogens with one attached hydrogen (secondary N) is 1. The zero-order valence-electron chi connectivity index (χ0n) is 11.4. The van der Waals surface area contributed by atoms with Crippen LogP contribution < -0.4 is 5.32 Å². The first kappa shape index (κ1) is 15.9. The van der Waals surface area contributed by atoms with Crippen LogP contribution in [0.5, 0.6) is 0 Å². The van der Waals surface area contributed by atoms with Crippen molar-refractivity contribution in [3.63, 3.8) is 0 Å². The summed E-state index contributed by atoms with van der Waals surface area (Å²) in [5.74, 6) is -1.03. The highest BCUT2D eigenvalue weighted by Crippen LogP contribution is 2.30. The van der Waals surface area contributed by atoms with E-state index in [0.29, 0.717) is 12.8 Å². The van der Waals surface area contributed by atoms with E-state index in [1.165, 1.54) is 0 Å². The van der Waals surface area contributed by atoms with Crippen molar-refractivity contribution in [3.05, 3.63) is 0 Å². The van der Waals surface area contributed by atoms with E-state index in [9.17, 15) is 14.7 Å². The second kappa shape index (κ2) is 7.30. The van der Waals surface area contributed by atoms with E-state index in [1.807, 2.05) is 20.8 Å². The highest BCUT2D eigenvalue weighted by Gasteiger charge is 2.37. The fourth-order valence-electron chi connectivity index (χ4n) is 2.02. The molecule has 100 valence electrons. The first-order valence-electron chi connectivity index (χ1n) is 6.44. The van der Waals surface area contributed by atoms with E-state index in [1.54, 1.807) is 0 Å². The Morgan fingerprint density at radius 2 is 1.76 bits per heavy atom. The van der Waals surface area contributed by atoms with Gasteiger partial charge in [-0.25, -0.2) is 0 Å². The zero-order chi connectivity index (χ0) is 13.5. The lowest BCUT2D eigenvalue weighted by Crippen LogP contribution is -2.39. The predicted octanol–water partition coefficient (Wildman–Crippen LogP) is 2.57. The Balaban J connectivity index is 4.47. The molecule has 0 saturated carbocycles. The summed E-state index contributed by atoms with van der Waals surface area (Å²) >= 11 is 0. The number of carboxylic acid groups (broad SMARTS) is 1. The van der Waals surface area contributed by atoms with Crippen LogP contribution in [0.1, 0.15) is 59.8 Å². The summed E-state index contributed by atoms with van der Waals surface area (Å²) < 4.78 is 0. The molecular formula is C13H25NO3. The SMILES string of the molecule is CCCC(C)NC(=O)CC(CC)(CC)C(=O)O. The van der Waals surface area contributed by atoms with Crippen molar-refractivity contribution in [1.29, 1.82) is 0 Å². The van der Waals surface area contributed by atoms with Gasteiger partial charge in [0.15, 0.2) is 0 Å². The van der Waals surface area contributed by atoms with Crippen LogP contribution in [0.2, 0.25) is 0 Å². The molecule has 0 aromatic rings. The average molecular weight is 243 g/mol. The van der Waals surface area contributed by atoms with Crippen molar-refractivity contribution >= 4 is 11.9 Å². The fraction of sp³-hybridized carbons (Fsp3) is 0.846. The number of rotatable bonds is 8. The largest absolute Gasteiger partial charge is 0.481 e. The second-order valence-corrected chi connectivity index (χ2v) is 4.73. The van der Waals surface area contributed by atoms with Crippen LogP contribution in [0, 0.1) is 5.41 Å². The summed E-state index contributed by atoms with van der Waals surface area (Å²) in [5, 5.41) is 12.1. The third kappa shape index (κ3) is 4.75. The van der Waals surface area contributed by atoms with Crippen molar-refractivity contribution in [2.75, 3.05) is 0 Å². The van der Waals surface area contributed by atoms with Gasteiger partial charge in [0.05, 0.1) is 5.41 Å². The average Bonchev–Trinajstić information content (AvgIpc) is 2.25. The van der Waals surface area contributed by atoms with Gasteiger partial charge < -0.3 is 10.4 Å². The molecule has 2 N–H and O–H groups in total. The minimum absolute atomic E-state index is 0.0728. The van der Waals surface area contributed by atoms with Gasteiger partial charge in [-0.15, -0.1) is 0 Å². The van der Waals surface area contributed by atoms with E-state index < -0.39 is 11.4 Å². The first-order chi connectivity index (χ1) is 7.91. The molecule has 0 aromatic carbocycles. The highest BCUT2D eigenvalue weighted by molar-refractivity contribution is 5.85. The normalized spacial score (nSPS) is 13.2. The van der Waals surface area contributed by atoms with Crippen molar-refractivity contribution in [3.8, 4) is 0 Å². The lowest BCUT2D eigenvalue weighted by atomic mass is 9.79. The summed E-state index contributed by atoms with van der Waals surface area (Å²) in [6.07, 6.45) is 2.96. The lowest BCUT2D eigenvalue weighted by Gasteiger charge is -2.26. The molecule has 0 aromatic heterocycles. The van der Waals surface area contributed by atoms with E-state index in [0.717, 1.165) is 12.8 Å². The Morgan fingerprint density at radius 3 is 2.12 bits per heavy atom. The van der Waals surface area contributed by atoms with E-state index in [-0.39, 0.29) is 18.4 Å². The Hall–Kier alpha value is -1.06. The molecule has 1 unspecified atom stereocenters. The summed E-state index contributed by atoms with van der Waals surface area (Å²) in [7, 11) is 0. The number of carboxylic acids is 1. The quantitative estimate of drug-likeness (QED) is 0.688. The van der Waals surface area contributed by atoms with Crippen LogP contribution >= 0.6 is 0 Å². The molecule has 0 aliphatic heterocycles. The second-order valence-electron chi connectivity index (χ2n) is 4.73. The summed E-state index contributed by atoms with van der Waals surface area (Å²) in [6, 6.07) is 0.118. The smallest absolute Gasteiger partial charge is 0.310 e.